The van der Waals surface area contributed by atoms with Crippen molar-refractivity contribution in [2.45, 2.75) is 19.3 Å². The number of hydrogen-bond donors (Lipinski definition) is 2. The van der Waals surface area contributed by atoms with Crippen molar-refractivity contribution >= 4 is 29.3 Å². The van der Waals surface area contributed by atoms with Crippen LogP contribution >= 0.6 is 0 Å². The highest BCUT2D eigenvalue weighted by Gasteiger charge is 2.49. The lowest BCUT2D eigenvalue weighted by molar-refractivity contribution is -0.127. The highest BCUT2D eigenvalue weighted by atomic mass is 16.5. The summed E-state index contributed by atoms with van der Waals surface area (Å²) in [5.74, 6) is 0.857. The average Bonchev–Trinajstić information content (AvgIpc) is 3.16. The number of allylic oxidation sites excluding steroid dienone is 1. The monoisotopic (exact) mass is 432 g/mol. The quantitative estimate of drug-likeness (QED) is 0.708. The molecule has 0 atom stereocenters. The number of piperidine rings is 1. The molecule has 2 aliphatic heterocycles. The Morgan fingerprint density at radius 1 is 1.00 bits per heavy atom. The zero-order valence-electron chi connectivity index (χ0n) is 18.2. The van der Waals surface area contributed by atoms with Gasteiger partial charge in [0.25, 0.3) is 5.91 Å². The Kier molecular flexibility index (Phi) is 5.99. The van der Waals surface area contributed by atoms with Crippen LogP contribution in [-0.2, 0) is 4.79 Å². The number of anilines is 1. The third kappa shape index (κ3) is 3.86. The predicted molar refractivity (Wildman–Crippen MR) is 125 cm³/mol. The Morgan fingerprint density at radius 3 is 2.16 bits per heavy atom. The lowest BCUT2D eigenvalue weighted by Gasteiger charge is -2.38. The second-order valence-electron chi connectivity index (χ2n) is 8.32. The van der Waals surface area contributed by atoms with Crippen LogP contribution in [0.5, 0.6) is 5.75 Å². The van der Waals surface area contributed by atoms with E-state index in [1.54, 1.807) is 31.4 Å². The largest absolute Gasteiger partial charge is 0.497 e. The molecule has 0 aromatic heterocycles. The number of nitrogens with two attached hydrogens (primary N) is 1. The number of amides is 2. The molecule has 0 aliphatic carbocycles. The predicted octanol–water partition coefficient (Wildman–Crippen LogP) is 3.30. The zero-order valence-corrected chi connectivity index (χ0v) is 18.2. The van der Waals surface area contributed by atoms with E-state index in [-0.39, 0.29) is 11.8 Å². The second kappa shape index (κ2) is 8.86. The van der Waals surface area contributed by atoms with Crippen molar-refractivity contribution in [2.24, 2.45) is 11.1 Å². The molecule has 166 valence electrons. The van der Waals surface area contributed by atoms with Gasteiger partial charge < -0.3 is 25.7 Å². The summed E-state index contributed by atoms with van der Waals surface area (Å²) in [6, 6.07) is 14.7. The maximum atomic E-state index is 13.4. The first kappa shape index (κ1) is 21.6. The van der Waals surface area contributed by atoms with Gasteiger partial charge in [0.15, 0.2) is 0 Å². The van der Waals surface area contributed by atoms with Gasteiger partial charge in [-0.1, -0.05) is 12.1 Å². The van der Waals surface area contributed by atoms with Gasteiger partial charge in [-0.3, -0.25) is 9.59 Å². The van der Waals surface area contributed by atoms with Gasteiger partial charge in [0.2, 0.25) is 5.91 Å². The van der Waals surface area contributed by atoms with Gasteiger partial charge in [-0.2, -0.15) is 0 Å². The highest BCUT2D eigenvalue weighted by molar-refractivity contribution is 6.08. The summed E-state index contributed by atoms with van der Waals surface area (Å²) in [6.07, 6.45) is 4.77. The third-order valence-corrected chi connectivity index (χ3v) is 6.70. The number of methoxy groups -OCH3 is 1. The molecule has 0 saturated carbocycles. The van der Waals surface area contributed by atoms with E-state index in [9.17, 15) is 9.59 Å². The van der Waals surface area contributed by atoms with Gasteiger partial charge >= 0.3 is 0 Å². The Morgan fingerprint density at radius 2 is 1.59 bits per heavy atom. The van der Waals surface area contributed by atoms with Crippen LogP contribution in [0.3, 0.4) is 0 Å². The first-order valence-electron chi connectivity index (χ1n) is 10.8. The molecule has 2 saturated heterocycles. The Balaban J connectivity index is 1.41. The molecular weight excluding hydrogens is 404 g/mol. The number of nitrogens with zero attached hydrogens (tertiary/aromatic N) is 2. The number of benzene rings is 2. The molecule has 2 aliphatic rings. The number of likely N-dealkylation sites (tertiary alicyclic amines) is 1. The molecule has 0 unspecified atom stereocenters. The number of rotatable bonds is 5. The molecule has 7 nitrogen and oxygen atoms in total. The van der Waals surface area contributed by atoms with Crippen LogP contribution in [0.25, 0.3) is 5.57 Å². The van der Waals surface area contributed by atoms with Crippen LogP contribution in [0.15, 0.2) is 54.7 Å². The molecule has 7 heteroatoms. The summed E-state index contributed by atoms with van der Waals surface area (Å²) in [4.78, 5) is 29.9. The second-order valence-corrected chi connectivity index (χ2v) is 8.32. The van der Waals surface area contributed by atoms with Crippen molar-refractivity contribution < 1.29 is 14.3 Å². The molecular formula is C25H28N4O3. The minimum absolute atomic E-state index is 0.00430. The van der Waals surface area contributed by atoms with E-state index in [4.69, 9.17) is 15.9 Å². The van der Waals surface area contributed by atoms with E-state index in [2.05, 4.69) is 0 Å². The van der Waals surface area contributed by atoms with Crippen molar-refractivity contribution in [3.05, 3.63) is 65.9 Å². The summed E-state index contributed by atoms with van der Waals surface area (Å²) in [6.45, 7) is 1.83. The highest BCUT2D eigenvalue weighted by Crippen LogP contribution is 2.43. The molecule has 2 aromatic carbocycles. The van der Waals surface area contributed by atoms with Crippen LogP contribution in [0.2, 0.25) is 0 Å². The standard InChI is InChI=1S/C25H28N4O3/c1-32-22-8-4-19(5-9-22)23(30)28-13-10-25(11-14-28)12-15-29(24(25)31)21-6-2-18(3-7-21)20(16-26)17-27/h2-9,16-17,26H,10-15,27H2,1H3/b20-17+,26-16?. The molecule has 32 heavy (non-hydrogen) atoms. The molecule has 2 fully saturated rings. The molecule has 2 heterocycles. The van der Waals surface area contributed by atoms with Crippen LogP contribution in [0.4, 0.5) is 5.69 Å². The van der Waals surface area contributed by atoms with Crippen molar-refractivity contribution in [1.29, 1.82) is 5.41 Å². The summed E-state index contributed by atoms with van der Waals surface area (Å²) < 4.78 is 5.16. The van der Waals surface area contributed by atoms with Gasteiger partial charge in [0.1, 0.15) is 5.75 Å². The van der Waals surface area contributed by atoms with Crippen LogP contribution < -0.4 is 15.4 Å². The normalized spacial score (nSPS) is 18.2. The van der Waals surface area contributed by atoms with Crippen LogP contribution in [-0.4, -0.2) is 49.7 Å². The first-order valence-corrected chi connectivity index (χ1v) is 10.8. The maximum absolute atomic E-state index is 13.4. The van der Waals surface area contributed by atoms with E-state index in [0.29, 0.717) is 43.6 Å². The summed E-state index contributed by atoms with van der Waals surface area (Å²) in [5, 5.41) is 7.43. The molecule has 0 radical (unpaired) electrons. The Bertz CT molecular complexity index is 1040. The van der Waals surface area contributed by atoms with E-state index in [1.165, 1.54) is 12.4 Å². The molecule has 2 aromatic rings. The van der Waals surface area contributed by atoms with E-state index < -0.39 is 5.41 Å². The Labute approximate surface area is 188 Å². The molecule has 4 rings (SSSR count). The maximum Gasteiger partial charge on any atom is 0.253 e. The lowest BCUT2D eigenvalue weighted by Crippen LogP contribution is -2.46. The van der Waals surface area contributed by atoms with Crippen molar-refractivity contribution in [3.8, 4) is 5.75 Å². The molecule has 2 amide bonds. The van der Waals surface area contributed by atoms with E-state index >= 15 is 0 Å². The molecule has 1 spiro atoms. The van der Waals surface area contributed by atoms with Crippen molar-refractivity contribution in [2.75, 3.05) is 31.6 Å². The van der Waals surface area contributed by atoms with Crippen molar-refractivity contribution in [3.63, 3.8) is 0 Å². The third-order valence-electron chi connectivity index (χ3n) is 6.70. The smallest absolute Gasteiger partial charge is 0.253 e. The van der Waals surface area contributed by atoms with Gasteiger partial charge in [0, 0.05) is 48.9 Å². The number of nitrogens with one attached hydrogen (secondary N) is 1. The van der Waals surface area contributed by atoms with Crippen LogP contribution in [0.1, 0.15) is 35.2 Å². The summed E-state index contributed by atoms with van der Waals surface area (Å²) in [7, 11) is 1.60. The minimum atomic E-state index is -0.396. The van der Waals surface area contributed by atoms with E-state index in [1.807, 2.05) is 34.1 Å². The topological polar surface area (TPSA) is 99.7 Å². The van der Waals surface area contributed by atoms with Gasteiger partial charge in [-0.25, -0.2) is 0 Å². The summed E-state index contributed by atoms with van der Waals surface area (Å²) >= 11 is 0. The molecule has 0 bridgehead atoms. The zero-order chi connectivity index (χ0) is 22.7. The Hall–Kier alpha value is -3.61. The number of ether oxygens (including phenoxy) is 1. The number of hydrogen-bond acceptors (Lipinski definition) is 5. The van der Waals surface area contributed by atoms with Gasteiger partial charge in [-0.15, -0.1) is 0 Å². The summed E-state index contributed by atoms with van der Waals surface area (Å²) in [5.41, 5.74) is 8.14. The SMILES string of the molecule is COc1ccc(C(=O)N2CCC3(CC2)CCN(c2ccc(/C(C=N)=C/N)cc2)C3=O)cc1. The van der Waals surface area contributed by atoms with Crippen molar-refractivity contribution in [1.82, 2.24) is 4.90 Å². The van der Waals surface area contributed by atoms with E-state index in [0.717, 1.165) is 23.4 Å². The first-order chi connectivity index (χ1) is 15.5. The number of carbonyl (C=O) groups excluding carboxylic acids is 2. The fraction of sp³-hybridized carbons (Fsp3) is 0.320. The average molecular weight is 433 g/mol. The fourth-order valence-electron chi connectivity index (χ4n) is 4.65. The van der Waals surface area contributed by atoms with Gasteiger partial charge in [-0.05, 0) is 61.2 Å². The van der Waals surface area contributed by atoms with Gasteiger partial charge in [0.05, 0.1) is 12.5 Å². The number of carbonyl (C=O) groups is 2. The fourth-order valence-corrected chi connectivity index (χ4v) is 4.65. The lowest BCUT2D eigenvalue weighted by atomic mass is 9.77. The molecule has 3 N–H and O–H groups in total. The minimum Gasteiger partial charge on any atom is -0.497 e. The van der Waals surface area contributed by atoms with Crippen LogP contribution in [0, 0.1) is 10.8 Å².